The van der Waals surface area contributed by atoms with Gasteiger partial charge >= 0.3 is 0 Å². The number of halogens is 2. The van der Waals surface area contributed by atoms with E-state index in [1.165, 1.54) is 4.57 Å². The molecule has 208 valence electrons. The summed E-state index contributed by atoms with van der Waals surface area (Å²) >= 11 is 0. The summed E-state index contributed by atoms with van der Waals surface area (Å²) in [6.45, 7) is 3.93. The number of hydrogen-bond donors (Lipinski definition) is 0. The molecular weight excluding hydrogens is 516 g/mol. The topological polar surface area (TPSA) is 89.3 Å². The molecule has 0 radical (unpaired) electrons. The number of morpholine rings is 1. The van der Waals surface area contributed by atoms with Gasteiger partial charge < -0.3 is 14.5 Å². The highest BCUT2D eigenvalue weighted by atomic mass is 19.3. The van der Waals surface area contributed by atoms with Gasteiger partial charge in [0.2, 0.25) is 0 Å². The van der Waals surface area contributed by atoms with Crippen LogP contribution in [-0.2, 0) is 11.2 Å². The van der Waals surface area contributed by atoms with E-state index in [1.54, 1.807) is 42.6 Å². The molecule has 2 aliphatic heterocycles. The minimum Gasteiger partial charge on any atom is -0.378 e. The Labute approximate surface area is 230 Å². The van der Waals surface area contributed by atoms with E-state index >= 15 is 0 Å². The van der Waals surface area contributed by atoms with E-state index in [0.717, 1.165) is 25.8 Å². The molecule has 40 heavy (non-hydrogen) atoms. The zero-order chi connectivity index (χ0) is 27.5. The quantitative estimate of drug-likeness (QED) is 0.322. The van der Waals surface area contributed by atoms with E-state index in [4.69, 9.17) is 14.7 Å². The van der Waals surface area contributed by atoms with Crippen LogP contribution in [0.1, 0.15) is 47.8 Å². The number of rotatable bonds is 8. The summed E-state index contributed by atoms with van der Waals surface area (Å²) in [5.74, 6) is 1.73. The Morgan fingerprint density at radius 3 is 2.60 bits per heavy atom. The molecule has 3 aromatic heterocycles. The van der Waals surface area contributed by atoms with Crippen LogP contribution >= 0.6 is 0 Å². The van der Waals surface area contributed by atoms with Crippen LogP contribution in [0.25, 0.3) is 16.9 Å². The number of amides is 1. The van der Waals surface area contributed by atoms with Crippen LogP contribution in [0.3, 0.4) is 0 Å². The number of alkyl halides is 2. The second-order valence-electron chi connectivity index (χ2n) is 10.2. The van der Waals surface area contributed by atoms with Gasteiger partial charge in [-0.2, -0.15) is 0 Å². The van der Waals surface area contributed by atoms with E-state index in [1.807, 2.05) is 17.0 Å². The maximum absolute atomic E-state index is 14.1. The van der Waals surface area contributed by atoms with Crippen LogP contribution in [0.2, 0.25) is 0 Å². The van der Waals surface area contributed by atoms with Crippen molar-refractivity contribution in [2.75, 3.05) is 44.3 Å². The third-order valence-corrected chi connectivity index (χ3v) is 7.56. The second kappa shape index (κ2) is 11.6. The third kappa shape index (κ3) is 5.51. The molecule has 0 N–H and O–H groups in total. The molecule has 0 unspecified atom stereocenters. The molecule has 0 saturated carbocycles. The first kappa shape index (κ1) is 26.2. The van der Waals surface area contributed by atoms with Crippen molar-refractivity contribution >= 4 is 22.8 Å². The molecule has 1 aromatic carbocycles. The number of anilines is 1. The van der Waals surface area contributed by atoms with Gasteiger partial charge in [0.15, 0.2) is 5.82 Å². The average Bonchev–Trinajstić information content (AvgIpc) is 3.63. The number of carbonyl (C=O) groups excluding carboxylic acids is 1. The van der Waals surface area contributed by atoms with Gasteiger partial charge in [0, 0.05) is 44.9 Å². The zero-order valence-corrected chi connectivity index (χ0v) is 22.1. The molecule has 0 spiro atoms. The predicted octanol–water partition coefficient (Wildman–Crippen LogP) is 4.47. The number of pyridine rings is 1. The first-order valence-electron chi connectivity index (χ1n) is 13.7. The Balaban J connectivity index is 1.21. The molecule has 0 bridgehead atoms. The van der Waals surface area contributed by atoms with E-state index in [-0.39, 0.29) is 11.7 Å². The number of ether oxygens (including phenoxy) is 1. The van der Waals surface area contributed by atoms with E-state index in [0.29, 0.717) is 79.4 Å². The molecule has 2 aliphatic rings. The molecule has 9 nitrogen and oxygen atoms in total. The smallest absolute Gasteiger partial charge is 0.296 e. The maximum atomic E-state index is 14.1. The lowest BCUT2D eigenvalue weighted by Crippen LogP contribution is -2.37. The Bertz CT molecular complexity index is 1470. The van der Waals surface area contributed by atoms with Gasteiger partial charge in [-0.1, -0.05) is 18.2 Å². The first-order valence-corrected chi connectivity index (χ1v) is 13.7. The molecule has 0 aliphatic carbocycles. The highest BCUT2D eigenvalue weighted by molar-refractivity contribution is 5.92. The van der Waals surface area contributed by atoms with Crippen LogP contribution in [0, 0.1) is 5.92 Å². The van der Waals surface area contributed by atoms with Gasteiger partial charge in [-0.05, 0) is 49.4 Å². The lowest BCUT2D eigenvalue weighted by atomic mass is 10.0. The number of aryl methyl sites for hydroxylation is 1. The van der Waals surface area contributed by atoms with Crippen molar-refractivity contribution in [2.45, 2.75) is 32.1 Å². The number of imidazole rings is 1. The van der Waals surface area contributed by atoms with Crippen LogP contribution < -0.4 is 4.90 Å². The van der Waals surface area contributed by atoms with Crippen LogP contribution in [0.4, 0.5) is 14.6 Å². The first-order chi connectivity index (χ1) is 19.6. The molecule has 5 heterocycles. The number of carbonyl (C=O) groups is 1. The van der Waals surface area contributed by atoms with E-state index < -0.39 is 6.43 Å². The van der Waals surface area contributed by atoms with Gasteiger partial charge in [-0.25, -0.2) is 23.7 Å². The largest absolute Gasteiger partial charge is 0.378 e. The molecule has 2 fully saturated rings. The number of hydrogen-bond acceptors (Lipinski definition) is 7. The summed E-state index contributed by atoms with van der Waals surface area (Å²) in [5.41, 5.74) is 1.55. The standard InChI is InChI=1S/C29H31F2N7O2/c30-27(31)28-33-21-7-1-2-9-23(21)38(28)26-18-25(36-14-16-40-17-15-36)34-24(35-26)10-5-6-20-11-13-37(19-20)29(39)22-8-3-4-12-32-22/h1-4,7-9,12,18,20,27H,5-6,10-11,13-17,19H2/t20-/m0/s1. The Kier molecular flexibility index (Phi) is 7.63. The predicted molar refractivity (Wildman–Crippen MR) is 146 cm³/mol. The molecule has 6 rings (SSSR count). The van der Waals surface area contributed by atoms with Crippen molar-refractivity contribution in [3.05, 3.63) is 72.1 Å². The lowest BCUT2D eigenvalue weighted by molar-refractivity contribution is 0.0780. The van der Waals surface area contributed by atoms with Crippen molar-refractivity contribution < 1.29 is 18.3 Å². The molecule has 11 heteroatoms. The van der Waals surface area contributed by atoms with Crippen molar-refractivity contribution in [3.8, 4) is 5.82 Å². The summed E-state index contributed by atoms with van der Waals surface area (Å²) < 4.78 is 35.1. The second-order valence-corrected chi connectivity index (χ2v) is 10.2. The van der Waals surface area contributed by atoms with Gasteiger partial charge in [0.1, 0.15) is 23.2 Å². The van der Waals surface area contributed by atoms with Crippen LogP contribution in [-0.4, -0.2) is 74.7 Å². The van der Waals surface area contributed by atoms with Gasteiger partial charge in [0.05, 0.1) is 24.2 Å². The van der Waals surface area contributed by atoms with Crippen molar-refractivity contribution in [1.29, 1.82) is 0 Å². The Morgan fingerprint density at radius 1 is 1.00 bits per heavy atom. The van der Waals surface area contributed by atoms with E-state index in [2.05, 4.69) is 14.9 Å². The Hall–Kier alpha value is -3.99. The molecule has 4 aromatic rings. The number of likely N-dealkylation sites (tertiary alicyclic amines) is 1. The minimum atomic E-state index is -2.75. The minimum absolute atomic E-state index is 0.0309. The SMILES string of the molecule is O=C(c1ccccn1)N1CC[C@H](CCCc2nc(N3CCOCC3)cc(-n3c(C(F)F)nc4ccccc43)n2)C1. The maximum Gasteiger partial charge on any atom is 0.296 e. The van der Waals surface area contributed by atoms with Gasteiger partial charge in [0.25, 0.3) is 12.3 Å². The van der Waals surface area contributed by atoms with E-state index in [9.17, 15) is 13.6 Å². The highest BCUT2D eigenvalue weighted by Crippen LogP contribution is 2.29. The summed E-state index contributed by atoms with van der Waals surface area (Å²) in [7, 11) is 0. The fourth-order valence-electron chi connectivity index (χ4n) is 5.53. The van der Waals surface area contributed by atoms with Crippen molar-refractivity contribution in [1.82, 2.24) is 29.4 Å². The number of aromatic nitrogens is 5. The molecule has 2 saturated heterocycles. The highest BCUT2D eigenvalue weighted by Gasteiger charge is 2.28. The number of benzene rings is 1. The lowest BCUT2D eigenvalue weighted by Gasteiger charge is -2.28. The average molecular weight is 548 g/mol. The molecule has 1 amide bonds. The van der Waals surface area contributed by atoms with Crippen LogP contribution in [0.15, 0.2) is 54.7 Å². The van der Waals surface area contributed by atoms with Gasteiger partial charge in [-0.15, -0.1) is 0 Å². The normalized spacial score (nSPS) is 17.7. The number of fused-ring (bicyclic) bond motifs is 1. The Morgan fingerprint density at radius 2 is 1.80 bits per heavy atom. The molecule has 1 atom stereocenters. The van der Waals surface area contributed by atoms with Gasteiger partial charge in [-0.3, -0.25) is 14.3 Å². The van der Waals surface area contributed by atoms with Crippen molar-refractivity contribution in [3.63, 3.8) is 0 Å². The van der Waals surface area contributed by atoms with Crippen LogP contribution in [0.5, 0.6) is 0 Å². The monoisotopic (exact) mass is 547 g/mol. The summed E-state index contributed by atoms with van der Waals surface area (Å²) in [6, 6.07) is 14.2. The fourth-order valence-corrected chi connectivity index (χ4v) is 5.53. The summed E-state index contributed by atoms with van der Waals surface area (Å²) in [4.78, 5) is 34.7. The summed E-state index contributed by atoms with van der Waals surface area (Å²) in [6.07, 6.45) is 2.18. The third-order valence-electron chi connectivity index (χ3n) is 7.56. The zero-order valence-electron chi connectivity index (χ0n) is 22.1. The summed E-state index contributed by atoms with van der Waals surface area (Å²) in [5, 5.41) is 0. The number of nitrogens with zero attached hydrogens (tertiary/aromatic N) is 7. The fraction of sp³-hybridized carbons (Fsp3) is 0.414. The molecular formula is C29H31F2N7O2. The van der Waals surface area contributed by atoms with Crippen molar-refractivity contribution in [2.24, 2.45) is 5.92 Å². The number of para-hydroxylation sites is 2.